The van der Waals surface area contributed by atoms with Gasteiger partial charge in [-0.1, -0.05) is 54.6 Å². The van der Waals surface area contributed by atoms with Gasteiger partial charge in [-0.2, -0.15) is 0 Å². The van der Waals surface area contributed by atoms with Crippen LogP contribution in [0.5, 0.6) is 5.75 Å². The lowest BCUT2D eigenvalue weighted by Gasteiger charge is -2.32. The van der Waals surface area contributed by atoms with Crippen LogP contribution in [-0.2, 0) is 51.2 Å². The molecule has 5 rings (SSSR count). The Balaban J connectivity index is 1.24. The summed E-state index contributed by atoms with van der Waals surface area (Å²) in [5.74, 6) is -5.61. The van der Waals surface area contributed by atoms with E-state index in [0.717, 1.165) is 10.8 Å². The molecule has 4 aromatic rings. The highest BCUT2D eigenvalue weighted by molar-refractivity contribution is 5.98. The van der Waals surface area contributed by atoms with Gasteiger partial charge in [0.15, 0.2) is 5.96 Å². The zero-order chi connectivity index (χ0) is 56.4. The number of rotatable bonds is 26. The number of carboxylic acids is 1. The summed E-state index contributed by atoms with van der Waals surface area (Å²) in [6.45, 7) is 0.701. The van der Waals surface area contributed by atoms with E-state index in [2.05, 4.69) is 52.8 Å². The van der Waals surface area contributed by atoms with E-state index in [1.807, 2.05) is 42.5 Å². The molecule has 15 N–H and O–H groups in total. The number of carbonyl (C=O) groups is 9. The predicted octanol–water partition coefficient (Wildman–Crippen LogP) is -0.506. The van der Waals surface area contributed by atoms with Crippen LogP contribution in [0.4, 0.5) is 5.69 Å². The molecule has 0 aromatic heterocycles. The third-order valence-electron chi connectivity index (χ3n) is 12.6. The van der Waals surface area contributed by atoms with Crippen molar-refractivity contribution < 1.29 is 53.4 Å². The summed E-state index contributed by atoms with van der Waals surface area (Å²) in [5, 5.41) is 45.3. The van der Waals surface area contributed by atoms with Crippen LogP contribution >= 0.6 is 0 Å². The van der Waals surface area contributed by atoms with Crippen molar-refractivity contribution in [1.29, 1.82) is 0 Å². The highest BCUT2D eigenvalue weighted by atomic mass is 16.4. The molecular weight excluding hydrogens is 1010 g/mol. The van der Waals surface area contributed by atoms with E-state index in [1.54, 1.807) is 24.3 Å². The number of likely N-dealkylation sites (N-methyl/N-ethyl adjacent to an activating group) is 1. The van der Waals surface area contributed by atoms with Crippen molar-refractivity contribution >= 4 is 75.6 Å². The number of aliphatic imine (C=N–C) groups is 1. The number of guanidine groups is 1. The highest BCUT2D eigenvalue weighted by Crippen LogP contribution is 2.19. The van der Waals surface area contributed by atoms with E-state index in [4.69, 9.17) is 16.6 Å². The fourth-order valence-corrected chi connectivity index (χ4v) is 8.43. The number of nitrogens with two attached hydrogens (primary N) is 2. The van der Waals surface area contributed by atoms with E-state index in [1.165, 1.54) is 36.2 Å². The van der Waals surface area contributed by atoms with Gasteiger partial charge in [0.25, 0.3) is 5.91 Å². The molecule has 1 saturated heterocycles. The first-order valence-corrected chi connectivity index (χ1v) is 25.8. The van der Waals surface area contributed by atoms with Crippen LogP contribution in [0.15, 0.2) is 96.0 Å². The van der Waals surface area contributed by atoms with Gasteiger partial charge in [-0.05, 0) is 96.8 Å². The molecule has 1 aliphatic rings. The Morgan fingerprint density at radius 2 is 1.33 bits per heavy atom. The average Bonchev–Trinajstić information content (AvgIpc) is 3.41. The lowest BCUT2D eigenvalue weighted by Crippen LogP contribution is -2.58. The Morgan fingerprint density at radius 1 is 0.667 bits per heavy atom. The Hall–Kier alpha value is -8.64. The lowest BCUT2D eigenvalue weighted by molar-refractivity contribution is -0.142. The molecule has 24 heteroatoms. The number of amides is 8. The quantitative estimate of drug-likeness (QED) is 0.0214. The minimum absolute atomic E-state index is 0.0182. The number of nitrogens with zero attached hydrogens (tertiary/aromatic N) is 2. The first kappa shape index (κ1) is 60.2. The number of phenols is 1. The Bertz CT molecular complexity index is 2740. The van der Waals surface area contributed by atoms with Gasteiger partial charge in [0.1, 0.15) is 29.9 Å². The number of benzene rings is 4. The van der Waals surface area contributed by atoms with Gasteiger partial charge >= 0.3 is 5.97 Å². The van der Waals surface area contributed by atoms with E-state index in [0.29, 0.717) is 49.3 Å². The summed E-state index contributed by atoms with van der Waals surface area (Å²) in [5.41, 5.74) is 13.1. The van der Waals surface area contributed by atoms with Crippen LogP contribution in [0.2, 0.25) is 0 Å². The fourth-order valence-electron chi connectivity index (χ4n) is 8.43. The second kappa shape index (κ2) is 31.4. The van der Waals surface area contributed by atoms with Gasteiger partial charge in [0.05, 0.1) is 19.6 Å². The number of hydrogen-bond acceptors (Lipinski definition) is 13. The minimum atomic E-state index is -1.26. The maximum atomic E-state index is 14.6. The summed E-state index contributed by atoms with van der Waals surface area (Å²) in [6.07, 6.45) is 1.60. The Kier molecular flexibility index (Phi) is 24.3. The van der Waals surface area contributed by atoms with Crippen molar-refractivity contribution in [2.24, 2.45) is 16.5 Å². The number of nitrogens with one attached hydrogen (secondary N) is 9. The number of aliphatic carboxylic acids is 1. The molecule has 1 aliphatic heterocycles. The number of unbranched alkanes of at least 4 members (excludes halogenated alkanes) is 1. The SMILES string of the molecule is CN1C(=O)[C@@H](Cc2ccc(O)cc2)NC(=O)CNC(=O)[C@H](Cc2ccc3ccccc3c2)NC(=O)[C@H](CCCN=C(N)N)NC(=O)[C@H]1CCCNC(=O)c1ccc(NC(=O)CCCCNC(=O)CNCCNCC(=O)O)cc1. The van der Waals surface area contributed by atoms with Crippen molar-refractivity contribution in [3.05, 3.63) is 108 Å². The van der Waals surface area contributed by atoms with E-state index in [-0.39, 0.29) is 100 Å². The predicted molar refractivity (Wildman–Crippen MR) is 292 cm³/mol. The van der Waals surface area contributed by atoms with Crippen molar-refractivity contribution in [3.63, 3.8) is 0 Å². The number of anilines is 1. The lowest BCUT2D eigenvalue weighted by atomic mass is 10.00. The van der Waals surface area contributed by atoms with Crippen LogP contribution in [-0.4, -0.2) is 158 Å². The molecule has 0 radical (unpaired) electrons. The monoisotopic (exact) mass is 1080 g/mol. The Labute approximate surface area is 451 Å². The fraction of sp³-hybridized carbons (Fsp3) is 0.407. The van der Waals surface area contributed by atoms with Crippen LogP contribution in [0.1, 0.15) is 66.4 Å². The normalized spacial score (nSPS) is 17.3. The molecule has 4 aromatic carbocycles. The summed E-state index contributed by atoms with van der Waals surface area (Å²) < 4.78 is 0. The van der Waals surface area contributed by atoms with Crippen molar-refractivity contribution in [2.75, 3.05) is 64.7 Å². The second-order valence-electron chi connectivity index (χ2n) is 18.7. The third-order valence-corrected chi connectivity index (χ3v) is 12.6. The third kappa shape index (κ3) is 20.8. The number of carboxylic acid groups (broad SMARTS) is 1. The molecule has 1 fully saturated rings. The van der Waals surface area contributed by atoms with Gasteiger partial charge in [-0.3, -0.25) is 48.1 Å². The number of fused-ring (bicyclic) bond motifs is 1. The summed E-state index contributed by atoms with van der Waals surface area (Å²) in [7, 11) is 1.39. The molecule has 8 amide bonds. The molecular formula is C54H71N13O11. The van der Waals surface area contributed by atoms with Gasteiger partial charge in [-0.25, -0.2) is 0 Å². The topological polar surface area (TPSA) is 370 Å². The molecule has 24 nitrogen and oxygen atoms in total. The van der Waals surface area contributed by atoms with Gasteiger partial charge in [-0.15, -0.1) is 0 Å². The maximum Gasteiger partial charge on any atom is 0.317 e. The molecule has 0 bridgehead atoms. The van der Waals surface area contributed by atoms with E-state index in [9.17, 15) is 48.3 Å². The summed E-state index contributed by atoms with van der Waals surface area (Å²) in [4.78, 5) is 125. The average molecular weight is 1080 g/mol. The summed E-state index contributed by atoms with van der Waals surface area (Å²) >= 11 is 0. The zero-order valence-electron chi connectivity index (χ0n) is 43.6. The molecule has 0 aliphatic carbocycles. The van der Waals surface area contributed by atoms with Gasteiger partial charge < -0.3 is 74.4 Å². The van der Waals surface area contributed by atoms with Gasteiger partial charge in [0.2, 0.25) is 41.4 Å². The van der Waals surface area contributed by atoms with Crippen LogP contribution < -0.4 is 59.3 Å². The number of hydrogen-bond donors (Lipinski definition) is 13. The molecule has 0 spiro atoms. The summed E-state index contributed by atoms with van der Waals surface area (Å²) in [6, 6.07) is 20.5. The van der Waals surface area contributed by atoms with Crippen molar-refractivity contribution in [2.45, 2.75) is 82.0 Å². The van der Waals surface area contributed by atoms with E-state index < -0.39 is 72.1 Å². The second-order valence-corrected chi connectivity index (χ2v) is 18.7. The van der Waals surface area contributed by atoms with Crippen LogP contribution in [0.3, 0.4) is 0 Å². The van der Waals surface area contributed by atoms with Crippen LogP contribution in [0, 0.1) is 0 Å². The zero-order valence-corrected chi connectivity index (χ0v) is 43.6. The first-order chi connectivity index (χ1) is 37.4. The highest BCUT2D eigenvalue weighted by Gasteiger charge is 2.35. The largest absolute Gasteiger partial charge is 0.508 e. The molecule has 1 heterocycles. The van der Waals surface area contributed by atoms with E-state index >= 15 is 0 Å². The molecule has 418 valence electrons. The standard InChI is InChI=1S/C54H71N13O11/c1-67-44(11-7-24-60-49(74)37-17-19-39(20-18-37)63-45(69)12-4-5-23-59-46(70)31-57-26-27-58-33-48(72)73)52(77)65-41(10-6-25-61-54(55)56)51(76)66-42(30-35-13-16-36-8-2-3-9-38(36)28-35)50(75)62-32-47(71)64-43(53(67)78)29-34-14-21-40(68)22-15-34/h2-3,8-9,13-22,28,41-44,57-58,68H,4-7,10-12,23-27,29-33H2,1H3,(H,59,70)(H,60,74)(H,62,75)(H,63,69)(H,64,71)(H,65,77)(H,66,76)(H,72,73)(H4,55,56,61)/t41-,42-,43+,44+/m0/s1. The Morgan fingerprint density at radius 3 is 2.05 bits per heavy atom. The van der Waals surface area contributed by atoms with Crippen molar-refractivity contribution in [3.8, 4) is 5.75 Å². The molecule has 0 unspecified atom stereocenters. The molecule has 0 saturated carbocycles. The van der Waals surface area contributed by atoms with Crippen molar-refractivity contribution in [1.82, 2.24) is 47.4 Å². The smallest absolute Gasteiger partial charge is 0.317 e. The number of aromatic hydroxyl groups is 1. The maximum absolute atomic E-state index is 14.6. The minimum Gasteiger partial charge on any atom is -0.508 e. The first-order valence-electron chi connectivity index (χ1n) is 25.8. The van der Waals surface area contributed by atoms with Gasteiger partial charge in [0, 0.05) is 70.3 Å². The molecule has 78 heavy (non-hydrogen) atoms. The number of carbonyl (C=O) groups excluding carboxylic acids is 8. The number of phenolic OH excluding ortho intramolecular Hbond substituents is 1. The van der Waals surface area contributed by atoms with Crippen LogP contribution in [0.25, 0.3) is 10.8 Å². The molecule has 4 atom stereocenters.